The number of benzene rings is 1. The van der Waals surface area contributed by atoms with Crippen LogP contribution in [0.15, 0.2) is 30.3 Å². The zero-order valence-electron chi connectivity index (χ0n) is 14.0. The Morgan fingerprint density at radius 1 is 1.09 bits per heavy atom. The Kier molecular flexibility index (Phi) is 6.02. The molecule has 0 bridgehead atoms. The summed E-state index contributed by atoms with van der Waals surface area (Å²) < 4.78 is 5.61. The standard InChI is InChI=1S/C18H26N2O3/c1-3-11-18(12-4-2)16(21)20(17(22)19-18)13-8-14-23-15-9-6-5-7-10-15/h5-7,9-10H,3-4,8,11-14H2,1-2H3,(H,19,22). The fourth-order valence-electron chi connectivity index (χ4n) is 3.13. The second kappa shape index (κ2) is 7.99. The number of hydrogen-bond acceptors (Lipinski definition) is 3. The minimum atomic E-state index is -0.694. The Balaban J connectivity index is 1.87. The first-order valence-corrected chi connectivity index (χ1v) is 8.45. The van der Waals surface area contributed by atoms with Crippen LogP contribution in [-0.2, 0) is 4.79 Å². The van der Waals surface area contributed by atoms with Crippen LogP contribution < -0.4 is 10.1 Å². The van der Waals surface area contributed by atoms with Crippen molar-refractivity contribution in [2.75, 3.05) is 13.2 Å². The van der Waals surface area contributed by atoms with Crippen molar-refractivity contribution in [1.29, 1.82) is 0 Å². The highest BCUT2D eigenvalue weighted by molar-refractivity contribution is 6.07. The van der Waals surface area contributed by atoms with E-state index in [0.717, 1.165) is 18.6 Å². The molecule has 1 aliphatic rings. The number of imide groups is 1. The van der Waals surface area contributed by atoms with Gasteiger partial charge >= 0.3 is 6.03 Å². The van der Waals surface area contributed by atoms with Gasteiger partial charge in [-0.3, -0.25) is 9.69 Å². The highest BCUT2D eigenvalue weighted by Gasteiger charge is 2.49. The molecule has 0 aromatic heterocycles. The highest BCUT2D eigenvalue weighted by Crippen LogP contribution is 2.28. The number of hydrogen-bond donors (Lipinski definition) is 1. The van der Waals surface area contributed by atoms with Crippen LogP contribution in [0, 0.1) is 0 Å². The van der Waals surface area contributed by atoms with Gasteiger partial charge in [-0.1, -0.05) is 44.9 Å². The number of carbonyl (C=O) groups excluding carboxylic acids is 2. The van der Waals surface area contributed by atoms with Gasteiger partial charge in [-0.25, -0.2) is 4.79 Å². The Morgan fingerprint density at radius 3 is 2.35 bits per heavy atom. The number of amides is 3. The molecule has 1 aliphatic heterocycles. The third-order valence-electron chi connectivity index (χ3n) is 4.14. The van der Waals surface area contributed by atoms with E-state index in [1.807, 2.05) is 44.2 Å². The summed E-state index contributed by atoms with van der Waals surface area (Å²) in [7, 11) is 0. The summed E-state index contributed by atoms with van der Waals surface area (Å²) in [5.74, 6) is 0.724. The largest absolute Gasteiger partial charge is 0.494 e. The predicted octanol–water partition coefficient (Wildman–Crippen LogP) is 3.35. The third kappa shape index (κ3) is 4.03. The molecule has 0 radical (unpaired) electrons. The van der Waals surface area contributed by atoms with Gasteiger partial charge in [-0.05, 0) is 31.4 Å². The molecule has 0 atom stereocenters. The highest BCUT2D eigenvalue weighted by atomic mass is 16.5. The first kappa shape index (κ1) is 17.3. The molecule has 1 fully saturated rings. The van der Waals surface area contributed by atoms with E-state index in [2.05, 4.69) is 5.32 Å². The quantitative estimate of drug-likeness (QED) is 0.561. The smallest absolute Gasteiger partial charge is 0.325 e. The van der Waals surface area contributed by atoms with Gasteiger partial charge in [-0.15, -0.1) is 0 Å². The average molecular weight is 318 g/mol. The van der Waals surface area contributed by atoms with E-state index in [4.69, 9.17) is 4.74 Å². The van der Waals surface area contributed by atoms with E-state index < -0.39 is 5.54 Å². The first-order valence-electron chi connectivity index (χ1n) is 8.45. The van der Waals surface area contributed by atoms with Gasteiger partial charge in [0.25, 0.3) is 5.91 Å². The zero-order chi connectivity index (χ0) is 16.7. The van der Waals surface area contributed by atoms with Crippen LogP contribution in [0.5, 0.6) is 5.75 Å². The second-order valence-electron chi connectivity index (χ2n) is 5.98. The van der Waals surface area contributed by atoms with Crippen LogP contribution in [0.4, 0.5) is 4.79 Å². The third-order valence-corrected chi connectivity index (χ3v) is 4.14. The van der Waals surface area contributed by atoms with E-state index in [-0.39, 0.29) is 11.9 Å². The van der Waals surface area contributed by atoms with Crippen LogP contribution >= 0.6 is 0 Å². The summed E-state index contributed by atoms with van der Waals surface area (Å²) in [5.41, 5.74) is -0.694. The number of urea groups is 1. The fourth-order valence-corrected chi connectivity index (χ4v) is 3.13. The minimum absolute atomic E-state index is 0.0779. The maximum atomic E-state index is 12.7. The molecule has 3 amide bonds. The molecule has 1 aromatic rings. The van der Waals surface area contributed by atoms with E-state index >= 15 is 0 Å². The molecule has 126 valence electrons. The van der Waals surface area contributed by atoms with E-state index in [1.54, 1.807) is 0 Å². The summed E-state index contributed by atoms with van der Waals surface area (Å²) >= 11 is 0. The number of nitrogens with zero attached hydrogens (tertiary/aromatic N) is 1. The molecular weight excluding hydrogens is 292 g/mol. The number of nitrogens with one attached hydrogen (secondary N) is 1. The molecular formula is C18H26N2O3. The summed E-state index contributed by atoms with van der Waals surface area (Å²) in [6.45, 7) is 4.95. The zero-order valence-corrected chi connectivity index (χ0v) is 14.0. The molecule has 2 rings (SSSR count). The lowest BCUT2D eigenvalue weighted by molar-refractivity contribution is -0.132. The van der Waals surface area contributed by atoms with Crippen molar-refractivity contribution in [2.45, 2.75) is 51.5 Å². The van der Waals surface area contributed by atoms with Gasteiger partial charge in [-0.2, -0.15) is 0 Å². The molecule has 1 heterocycles. The predicted molar refractivity (Wildman–Crippen MR) is 89.3 cm³/mol. The molecule has 1 aromatic carbocycles. The molecule has 1 saturated heterocycles. The maximum absolute atomic E-state index is 12.7. The van der Waals surface area contributed by atoms with Crippen molar-refractivity contribution in [2.24, 2.45) is 0 Å². The number of ether oxygens (including phenoxy) is 1. The van der Waals surface area contributed by atoms with Crippen LogP contribution in [-0.4, -0.2) is 35.5 Å². The van der Waals surface area contributed by atoms with E-state index in [9.17, 15) is 9.59 Å². The van der Waals surface area contributed by atoms with Gasteiger partial charge in [0, 0.05) is 6.54 Å². The lowest BCUT2D eigenvalue weighted by Crippen LogP contribution is -2.46. The molecule has 0 unspecified atom stereocenters. The van der Waals surface area contributed by atoms with Crippen molar-refractivity contribution in [1.82, 2.24) is 10.2 Å². The Labute approximate surface area is 138 Å². The fraction of sp³-hybridized carbons (Fsp3) is 0.556. The van der Waals surface area contributed by atoms with Crippen LogP contribution in [0.1, 0.15) is 46.0 Å². The Morgan fingerprint density at radius 2 is 1.74 bits per heavy atom. The molecule has 0 aliphatic carbocycles. The van der Waals surface area contributed by atoms with Crippen LogP contribution in [0.3, 0.4) is 0 Å². The monoisotopic (exact) mass is 318 g/mol. The number of carbonyl (C=O) groups is 2. The van der Waals surface area contributed by atoms with E-state index in [1.165, 1.54) is 4.90 Å². The molecule has 1 N–H and O–H groups in total. The number of rotatable bonds is 9. The summed E-state index contributed by atoms with van der Waals surface area (Å²) in [5, 5.41) is 2.92. The van der Waals surface area contributed by atoms with Gasteiger partial charge in [0.1, 0.15) is 11.3 Å². The minimum Gasteiger partial charge on any atom is -0.494 e. The lowest BCUT2D eigenvalue weighted by Gasteiger charge is -2.25. The molecule has 5 nitrogen and oxygen atoms in total. The van der Waals surface area contributed by atoms with Gasteiger partial charge in [0.15, 0.2) is 0 Å². The van der Waals surface area contributed by atoms with Crippen molar-refractivity contribution >= 4 is 11.9 Å². The van der Waals surface area contributed by atoms with Crippen molar-refractivity contribution < 1.29 is 14.3 Å². The summed E-state index contributed by atoms with van der Waals surface area (Å²) in [6.07, 6.45) is 3.77. The van der Waals surface area contributed by atoms with Crippen molar-refractivity contribution in [3.8, 4) is 5.75 Å². The first-order chi connectivity index (χ1) is 11.1. The summed E-state index contributed by atoms with van der Waals surface area (Å²) in [4.78, 5) is 26.2. The van der Waals surface area contributed by atoms with Gasteiger partial charge < -0.3 is 10.1 Å². The molecule has 23 heavy (non-hydrogen) atoms. The number of para-hydroxylation sites is 1. The Hall–Kier alpha value is -2.04. The SMILES string of the molecule is CCCC1(CCC)NC(=O)N(CCCOc2ccccc2)C1=O. The average Bonchev–Trinajstić information content (AvgIpc) is 2.77. The normalized spacial score (nSPS) is 16.5. The molecule has 0 saturated carbocycles. The molecule has 5 heteroatoms. The lowest BCUT2D eigenvalue weighted by atomic mass is 9.88. The van der Waals surface area contributed by atoms with Gasteiger partial charge in [0.05, 0.1) is 6.61 Å². The topological polar surface area (TPSA) is 58.6 Å². The van der Waals surface area contributed by atoms with E-state index in [0.29, 0.717) is 32.4 Å². The van der Waals surface area contributed by atoms with Crippen LogP contribution in [0.25, 0.3) is 0 Å². The molecule has 0 spiro atoms. The van der Waals surface area contributed by atoms with Crippen molar-refractivity contribution in [3.63, 3.8) is 0 Å². The summed E-state index contributed by atoms with van der Waals surface area (Å²) in [6, 6.07) is 9.27. The van der Waals surface area contributed by atoms with Gasteiger partial charge in [0.2, 0.25) is 0 Å². The maximum Gasteiger partial charge on any atom is 0.325 e. The van der Waals surface area contributed by atoms with Crippen LogP contribution in [0.2, 0.25) is 0 Å². The van der Waals surface area contributed by atoms with Crippen molar-refractivity contribution in [3.05, 3.63) is 30.3 Å². The second-order valence-corrected chi connectivity index (χ2v) is 5.98. The Bertz CT molecular complexity index is 524.